The summed E-state index contributed by atoms with van der Waals surface area (Å²) in [6, 6.07) is 13.5. The van der Waals surface area contributed by atoms with Crippen LogP contribution in [0, 0.1) is 10.1 Å². The number of non-ortho nitro benzene ring substituents is 1. The van der Waals surface area contributed by atoms with E-state index < -0.39 is 10.9 Å². The van der Waals surface area contributed by atoms with Crippen LogP contribution in [-0.2, 0) is 9.53 Å². The average Bonchev–Trinajstić information content (AvgIpc) is 2.96. The molecule has 1 aliphatic rings. The van der Waals surface area contributed by atoms with Crippen molar-refractivity contribution in [3.63, 3.8) is 0 Å². The van der Waals surface area contributed by atoms with Crippen LogP contribution in [0.5, 0.6) is 0 Å². The van der Waals surface area contributed by atoms with E-state index in [2.05, 4.69) is 4.99 Å². The van der Waals surface area contributed by atoms with Crippen LogP contribution in [0.3, 0.4) is 0 Å². The highest BCUT2D eigenvalue weighted by Gasteiger charge is 2.25. The highest BCUT2D eigenvalue weighted by molar-refractivity contribution is 7.98. The van der Waals surface area contributed by atoms with Gasteiger partial charge in [0.15, 0.2) is 5.70 Å². The quantitative estimate of drug-likeness (QED) is 0.279. The van der Waals surface area contributed by atoms with Crippen LogP contribution in [0.25, 0.3) is 6.08 Å². The zero-order valence-corrected chi connectivity index (χ0v) is 13.4. The van der Waals surface area contributed by atoms with Gasteiger partial charge >= 0.3 is 5.97 Å². The lowest BCUT2D eigenvalue weighted by Gasteiger charge is -1.98. The predicted octanol–water partition coefficient (Wildman–Crippen LogP) is 3.66. The lowest BCUT2D eigenvalue weighted by Crippen LogP contribution is -2.05. The summed E-state index contributed by atoms with van der Waals surface area (Å²) in [4.78, 5) is 27.6. The minimum Gasteiger partial charge on any atom is -0.402 e. The number of rotatable bonds is 4. The minimum atomic E-state index is -0.578. The monoisotopic (exact) mass is 340 g/mol. The third kappa shape index (κ3) is 3.36. The number of nitro groups is 1. The highest BCUT2D eigenvalue weighted by atomic mass is 32.2. The molecule has 0 spiro atoms. The topological polar surface area (TPSA) is 81.8 Å². The Morgan fingerprint density at radius 2 is 1.96 bits per heavy atom. The van der Waals surface area contributed by atoms with Crippen LogP contribution >= 0.6 is 11.8 Å². The first-order valence-corrected chi connectivity index (χ1v) is 8.21. The van der Waals surface area contributed by atoms with Gasteiger partial charge < -0.3 is 4.74 Å². The van der Waals surface area contributed by atoms with E-state index >= 15 is 0 Å². The number of thioether (sulfide) groups is 1. The molecule has 7 heteroatoms. The third-order valence-electron chi connectivity index (χ3n) is 3.34. The number of hydrogen-bond donors (Lipinski definition) is 0. The van der Waals surface area contributed by atoms with Gasteiger partial charge in [-0.05, 0) is 36.1 Å². The number of benzene rings is 2. The second kappa shape index (κ2) is 6.67. The van der Waals surface area contributed by atoms with Gasteiger partial charge in [-0.2, -0.15) is 0 Å². The van der Waals surface area contributed by atoms with E-state index in [1.165, 1.54) is 18.2 Å². The summed E-state index contributed by atoms with van der Waals surface area (Å²) in [6.45, 7) is 0. The lowest BCUT2D eigenvalue weighted by atomic mass is 10.2. The standard InChI is InChI=1S/C17H12N2O4S/c1-24-14-7-5-11(6-8-14)9-15-17(20)23-16(18-15)12-3-2-4-13(10-12)19(21)22/h2-10H,1H3/b15-9+. The summed E-state index contributed by atoms with van der Waals surface area (Å²) < 4.78 is 5.13. The highest BCUT2D eigenvalue weighted by Crippen LogP contribution is 2.22. The van der Waals surface area contributed by atoms with E-state index in [0.717, 1.165) is 10.5 Å². The van der Waals surface area contributed by atoms with Gasteiger partial charge in [0.25, 0.3) is 5.69 Å². The van der Waals surface area contributed by atoms with Crippen molar-refractivity contribution >= 4 is 35.4 Å². The number of carbonyl (C=O) groups is 1. The molecule has 1 heterocycles. The van der Waals surface area contributed by atoms with E-state index in [0.29, 0.717) is 5.56 Å². The molecule has 24 heavy (non-hydrogen) atoms. The molecule has 0 atom stereocenters. The van der Waals surface area contributed by atoms with Crippen molar-refractivity contribution in [1.29, 1.82) is 0 Å². The Bertz CT molecular complexity index is 872. The van der Waals surface area contributed by atoms with Crippen molar-refractivity contribution in [2.45, 2.75) is 4.90 Å². The fourth-order valence-corrected chi connectivity index (χ4v) is 2.55. The Morgan fingerprint density at radius 3 is 2.62 bits per heavy atom. The average molecular weight is 340 g/mol. The molecular formula is C17H12N2O4S. The Hall–Kier alpha value is -2.93. The molecule has 0 bridgehead atoms. The van der Waals surface area contributed by atoms with Gasteiger partial charge in [0.1, 0.15) is 0 Å². The van der Waals surface area contributed by atoms with Crippen LogP contribution in [0.4, 0.5) is 5.69 Å². The van der Waals surface area contributed by atoms with Gasteiger partial charge in [-0.15, -0.1) is 11.8 Å². The number of nitro benzene ring substituents is 1. The van der Waals surface area contributed by atoms with Crippen LogP contribution in [-0.4, -0.2) is 23.0 Å². The molecule has 1 aliphatic heterocycles. The van der Waals surface area contributed by atoms with Crippen LogP contribution in [0.2, 0.25) is 0 Å². The fourth-order valence-electron chi connectivity index (χ4n) is 2.14. The van der Waals surface area contributed by atoms with E-state index in [4.69, 9.17) is 4.74 Å². The summed E-state index contributed by atoms with van der Waals surface area (Å²) in [5.41, 5.74) is 1.28. The summed E-state index contributed by atoms with van der Waals surface area (Å²) in [6.07, 6.45) is 3.61. The summed E-state index contributed by atoms with van der Waals surface area (Å²) >= 11 is 1.63. The molecule has 6 nitrogen and oxygen atoms in total. The smallest absolute Gasteiger partial charge is 0.363 e. The summed E-state index contributed by atoms with van der Waals surface area (Å²) in [5, 5.41) is 10.8. The number of cyclic esters (lactones) is 1. The summed E-state index contributed by atoms with van der Waals surface area (Å²) in [7, 11) is 0. The van der Waals surface area contributed by atoms with Gasteiger partial charge in [0, 0.05) is 22.6 Å². The maximum absolute atomic E-state index is 12.0. The Labute approximate surface area is 142 Å². The minimum absolute atomic E-state index is 0.0654. The van der Waals surface area contributed by atoms with Gasteiger partial charge in [-0.25, -0.2) is 9.79 Å². The van der Waals surface area contributed by atoms with Gasteiger partial charge in [-0.1, -0.05) is 18.2 Å². The first kappa shape index (κ1) is 15.9. The Morgan fingerprint density at radius 1 is 1.21 bits per heavy atom. The summed E-state index contributed by atoms with van der Waals surface area (Å²) in [5.74, 6) is -0.513. The molecule has 0 radical (unpaired) electrons. The molecule has 2 aromatic carbocycles. The second-order valence-electron chi connectivity index (χ2n) is 4.92. The zero-order valence-electron chi connectivity index (χ0n) is 12.6. The van der Waals surface area contributed by atoms with E-state index in [1.807, 2.05) is 30.5 Å². The maximum atomic E-state index is 12.0. The molecule has 2 aromatic rings. The molecular weight excluding hydrogens is 328 g/mol. The molecule has 0 aliphatic carbocycles. The zero-order chi connectivity index (χ0) is 17.1. The van der Waals surface area contributed by atoms with Crippen molar-refractivity contribution in [3.8, 4) is 0 Å². The largest absolute Gasteiger partial charge is 0.402 e. The van der Waals surface area contributed by atoms with Crippen molar-refractivity contribution in [2.75, 3.05) is 6.26 Å². The first-order chi connectivity index (χ1) is 11.6. The normalized spacial score (nSPS) is 15.3. The number of carbonyl (C=O) groups excluding carboxylic acids is 1. The molecule has 120 valence electrons. The van der Waals surface area contributed by atoms with Gasteiger partial charge in [0.05, 0.1) is 4.92 Å². The molecule has 0 N–H and O–H groups in total. The van der Waals surface area contributed by atoms with Crippen LogP contribution < -0.4 is 0 Å². The fraction of sp³-hybridized carbons (Fsp3) is 0.0588. The molecule has 0 aromatic heterocycles. The molecule has 0 fully saturated rings. The lowest BCUT2D eigenvalue weighted by molar-refractivity contribution is -0.384. The number of ether oxygens (including phenoxy) is 1. The number of nitrogens with zero attached hydrogens (tertiary/aromatic N) is 2. The SMILES string of the molecule is CSc1ccc(/C=C2/N=C(c3cccc([N+](=O)[O-])c3)OC2=O)cc1. The van der Waals surface area contributed by atoms with E-state index in [1.54, 1.807) is 23.9 Å². The van der Waals surface area contributed by atoms with Crippen molar-refractivity contribution in [3.05, 3.63) is 75.5 Å². The van der Waals surface area contributed by atoms with E-state index in [-0.39, 0.29) is 17.3 Å². The molecule has 0 saturated heterocycles. The molecule has 0 saturated carbocycles. The Balaban J connectivity index is 1.91. The van der Waals surface area contributed by atoms with Crippen molar-refractivity contribution in [1.82, 2.24) is 0 Å². The van der Waals surface area contributed by atoms with Gasteiger partial charge in [0.2, 0.25) is 5.90 Å². The van der Waals surface area contributed by atoms with Crippen LogP contribution in [0.1, 0.15) is 11.1 Å². The third-order valence-corrected chi connectivity index (χ3v) is 4.09. The number of hydrogen-bond acceptors (Lipinski definition) is 6. The van der Waals surface area contributed by atoms with Crippen molar-refractivity contribution in [2.24, 2.45) is 4.99 Å². The van der Waals surface area contributed by atoms with Crippen molar-refractivity contribution < 1.29 is 14.5 Å². The molecule has 3 rings (SSSR count). The first-order valence-electron chi connectivity index (χ1n) is 6.98. The number of esters is 1. The van der Waals surface area contributed by atoms with Crippen LogP contribution in [0.15, 0.2) is 64.1 Å². The predicted molar refractivity (Wildman–Crippen MR) is 91.9 cm³/mol. The van der Waals surface area contributed by atoms with E-state index in [9.17, 15) is 14.9 Å². The second-order valence-corrected chi connectivity index (χ2v) is 5.80. The number of aliphatic imine (C=N–C) groups is 1. The van der Waals surface area contributed by atoms with Gasteiger partial charge in [-0.3, -0.25) is 10.1 Å². The Kier molecular flexibility index (Phi) is 4.43. The molecule has 0 amide bonds. The maximum Gasteiger partial charge on any atom is 0.363 e. The molecule has 0 unspecified atom stereocenters.